The second kappa shape index (κ2) is 4.52. The summed E-state index contributed by atoms with van der Waals surface area (Å²) in [7, 11) is 1.91. The van der Waals surface area contributed by atoms with E-state index in [-0.39, 0.29) is 5.91 Å². The van der Waals surface area contributed by atoms with Gasteiger partial charge in [-0.3, -0.25) is 4.79 Å². The first-order valence-corrected chi connectivity index (χ1v) is 6.12. The Bertz CT molecular complexity index is 230. The number of likely N-dealkylation sites (tertiary alicyclic amines) is 1. The van der Waals surface area contributed by atoms with Crippen LogP contribution in [0.3, 0.4) is 0 Å². The Balaban J connectivity index is 1.70. The van der Waals surface area contributed by atoms with Gasteiger partial charge in [-0.1, -0.05) is 0 Å². The normalized spacial score (nSPS) is 24.1. The number of rotatable bonds is 3. The van der Waals surface area contributed by atoms with Crippen LogP contribution in [0.2, 0.25) is 0 Å². The molecule has 0 N–H and O–H groups in total. The highest BCUT2D eigenvalue weighted by molar-refractivity contribution is 5.72. The van der Waals surface area contributed by atoms with Crippen LogP contribution in [0.25, 0.3) is 0 Å². The molecule has 0 aromatic rings. The van der Waals surface area contributed by atoms with E-state index in [0.717, 1.165) is 18.5 Å². The smallest absolute Gasteiger partial charge is 0.219 e. The zero-order chi connectivity index (χ0) is 10.8. The molecule has 0 aromatic heterocycles. The van der Waals surface area contributed by atoms with Gasteiger partial charge in [0.2, 0.25) is 5.91 Å². The summed E-state index contributed by atoms with van der Waals surface area (Å²) in [6.07, 6.45) is 5.37. The van der Waals surface area contributed by atoms with Crippen molar-refractivity contribution in [2.75, 3.05) is 26.7 Å². The first-order valence-electron chi connectivity index (χ1n) is 6.12. The van der Waals surface area contributed by atoms with Crippen LogP contribution in [-0.2, 0) is 4.79 Å². The van der Waals surface area contributed by atoms with Gasteiger partial charge in [0, 0.05) is 26.6 Å². The van der Waals surface area contributed by atoms with Crippen LogP contribution in [0.15, 0.2) is 0 Å². The molecule has 1 saturated carbocycles. The van der Waals surface area contributed by atoms with Crippen molar-refractivity contribution < 1.29 is 4.79 Å². The third-order valence-corrected chi connectivity index (χ3v) is 3.78. The largest absolute Gasteiger partial charge is 0.346 e. The molecule has 0 aromatic carbocycles. The van der Waals surface area contributed by atoms with Crippen molar-refractivity contribution in [3.05, 3.63) is 0 Å². The Labute approximate surface area is 92.4 Å². The first-order chi connectivity index (χ1) is 7.16. The van der Waals surface area contributed by atoms with E-state index < -0.39 is 0 Å². The van der Waals surface area contributed by atoms with E-state index in [4.69, 9.17) is 0 Å². The lowest BCUT2D eigenvalue weighted by Crippen LogP contribution is -2.39. The van der Waals surface area contributed by atoms with Crippen molar-refractivity contribution in [2.24, 2.45) is 5.92 Å². The summed E-state index contributed by atoms with van der Waals surface area (Å²) in [5.41, 5.74) is 0. The van der Waals surface area contributed by atoms with Crippen LogP contribution < -0.4 is 0 Å². The summed E-state index contributed by atoms with van der Waals surface area (Å²) in [6, 6.07) is 0.913. The molecule has 0 bridgehead atoms. The van der Waals surface area contributed by atoms with E-state index in [9.17, 15) is 4.79 Å². The van der Waals surface area contributed by atoms with E-state index in [2.05, 4.69) is 4.90 Å². The van der Waals surface area contributed by atoms with Crippen molar-refractivity contribution >= 4 is 5.91 Å². The SMILES string of the molecule is CC(=O)N(C)CC1CCN(C2CC2)CC1. The summed E-state index contributed by atoms with van der Waals surface area (Å²) < 4.78 is 0. The van der Waals surface area contributed by atoms with Crippen molar-refractivity contribution in [3.63, 3.8) is 0 Å². The molecular weight excluding hydrogens is 188 g/mol. The van der Waals surface area contributed by atoms with E-state index >= 15 is 0 Å². The van der Waals surface area contributed by atoms with Crippen LogP contribution >= 0.6 is 0 Å². The number of amides is 1. The molecule has 1 aliphatic heterocycles. The molecule has 86 valence electrons. The maximum absolute atomic E-state index is 11.1. The Morgan fingerprint density at radius 1 is 1.27 bits per heavy atom. The number of nitrogens with zero attached hydrogens (tertiary/aromatic N) is 2. The average molecular weight is 210 g/mol. The van der Waals surface area contributed by atoms with Crippen LogP contribution in [-0.4, -0.2) is 48.4 Å². The number of carbonyl (C=O) groups is 1. The maximum Gasteiger partial charge on any atom is 0.219 e. The second-order valence-electron chi connectivity index (χ2n) is 5.11. The highest BCUT2D eigenvalue weighted by Crippen LogP contribution is 2.30. The number of hydrogen-bond acceptors (Lipinski definition) is 2. The van der Waals surface area contributed by atoms with E-state index in [1.54, 1.807) is 6.92 Å². The van der Waals surface area contributed by atoms with Gasteiger partial charge in [-0.2, -0.15) is 0 Å². The molecule has 2 rings (SSSR count). The first kappa shape index (κ1) is 10.9. The lowest BCUT2D eigenvalue weighted by Gasteiger charge is -2.33. The number of piperidine rings is 1. The minimum atomic E-state index is 0.194. The van der Waals surface area contributed by atoms with E-state index in [1.807, 2.05) is 11.9 Å². The molecule has 15 heavy (non-hydrogen) atoms. The van der Waals surface area contributed by atoms with Crippen molar-refractivity contribution in [2.45, 2.75) is 38.6 Å². The predicted octanol–water partition coefficient (Wildman–Crippen LogP) is 1.34. The molecule has 1 heterocycles. The average Bonchev–Trinajstić information content (AvgIpc) is 3.02. The predicted molar refractivity (Wildman–Crippen MR) is 60.6 cm³/mol. The molecular formula is C12H22N2O. The van der Waals surface area contributed by atoms with Crippen molar-refractivity contribution in [1.29, 1.82) is 0 Å². The zero-order valence-electron chi connectivity index (χ0n) is 9.91. The lowest BCUT2D eigenvalue weighted by atomic mass is 9.96. The summed E-state index contributed by atoms with van der Waals surface area (Å²) in [5.74, 6) is 0.925. The minimum Gasteiger partial charge on any atom is -0.346 e. The van der Waals surface area contributed by atoms with Crippen LogP contribution in [0, 0.1) is 5.92 Å². The van der Waals surface area contributed by atoms with Gasteiger partial charge in [0.25, 0.3) is 0 Å². The Morgan fingerprint density at radius 3 is 2.33 bits per heavy atom. The summed E-state index contributed by atoms with van der Waals surface area (Å²) in [6.45, 7) is 5.11. The Kier molecular flexibility index (Phi) is 3.29. The monoisotopic (exact) mass is 210 g/mol. The van der Waals surface area contributed by atoms with Gasteiger partial charge in [-0.15, -0.1) is 0 Å². The fraction of sp³-hybridized carbons (Fsp3) is 0.917. The van der Waals surface area contributed by atoms with Gasteiger partial charge in [-0.25, -0.2) is 0 Å². The molecule has 3 nitrogen and oxygen atoms in total. The van der Waals surface area contributed by atoms with Crippen LogP contribution in [0.5, 0.6) is 0 Å². The second-order valence-corrected chi connectivity index (χ2v) is 5.11. The van der Waals surface area contributed by atoms with E-state index in [0.29, 0.717) is 0 Å². The third-order valence-electron chi connectivity index (χ3n) is 3.78. The number of hydrogen-bond donors (Lipinski definition) is 0. The lowest BCUT2D eigenvalue weighted by molar-refractivity contribution is -0.128. The van der Waals surface area contributed by atoms with Crippen molar-refractivity contribution in [1.82, 2.24) is 9.80 Å². The van der Waals surface area contributed by atoms with Gasteiger partial charge >= 0.3 is 0 Å². The molecule has 1 aliphatic carbocycles. The van der Waals surface area contributed by atoms with Gasteiger partial charge in [0.1, 0.15) is 0 Å². The molecule has 0 radical (unpaired) electrons. The molecule has 2 aliphatic rings. The minimum absolute atomic E-state index is 0.194. The summed E-state index contributed by atoms with van der Waals surface area (Å²) in [4.78, 5) is 15.6. The molecule has 3 heteroatoms. The molecule has 0 unspecified atom stereocenters. The Hall–Kier alpha value is -0.570. The van der Waals surface area contributed by atoms with Crippen molar-refractivity contribution in [3.8, 4) is 0 Å². The zero-order valence-corrected chi connectivity index (χ0v) is 9.91. The summed E-state index contributed by atoms with van der Waals surface area (Å²) in [5, 5.41) is 0. The summed E-state index contributed by atoms with van der Waals surface area (Å²) >= 11 is 0. The van der Waals surface area contributed by atoms with E-state index in [1.165, 1.54) is 38.8 Å². The van der Waals surface area contributed by atoms with Gasteiger partial charge < -0.3 is 9.80 Å². The third kappa shape index (κ3) is 2.94. The Morgan fingerprint density at radius 2 is 1.87 bits per heavy atom. The molecule has 2 fully saturated rings. The van der Waals surface area contributed by atoms with Gasteiger partial charge in [-0.05, 0) is 44.7 Å². The number of carbonyl (C=O) groups excluding carboxylic acids is 1. The quantitative estimate of drug-likeness (QED) is 0.702. The standard InChI is InChI=1S/C12H22N2O/c1-10(15)13(2)9-11-5-7-14(8-6-11)12-3-4-12/h11-12H,3-9H2,1-2H3. The van der Waals surface area contributed by atoms with Crippen LogP contribution in [0.1, 0.15) is 32.6 Å². The fourth-order valence-corrected chi connectivity index (χ4v) is 2.46. The fourth-order valence-electron chi connectivity index (χ4n) is 2.46. The topological polar surface area (TPSA) is 23.6 Å². The van der Waals surface area contributed by atoms with Gasteiger partial charge in [0.15, 0.2) is 0 Å². The highest BCUT2D eigenvalue weighted by atomic mass is 16.2. The molecule has 0 spiro atoms. The van der Waals surface area contributed by atoms with Crippen LogP contribution in [0.4, 0.5) is 0 Å². The highest BCUT2D eigenvalue weighted by Gasteiger charge is 2.31. The molecule has 1 saturated heterocycles. The molecule has 0 atom stereocenters. The molecule has 1 amide bonds. The van der Waals surface area contributed by atoms with Gasteiger partial charge in [0.05, 0.1) is 0 Å². The maximum atomic E-state index is 11.1.